The van der Waals surface area contributed by atoms with Crippen LogP contribution in [0.15, 0.2) is 5.38 Å². The van der Waals surface area contributed by atoms with Gasteiger partial charge < -0.3 is 10.5 Å². The number of hydrogen-bond acceptors (Lipinski definition) is 4. The van der Waals surface area contributed by atoms with Crippen molar-refractivity contribution < 1.29 is 4.74 Å². The Bertz CT molecular complexity index is 347. The quantitative estimate of drug-likeness (QED) is 0.744. The smallest absolute Gasteiger partial charge is 0.104 e. The summed E-state index contributed by atoms with van der Waals surface area (Å²) < 4.78 is 5.49. The van der Waals surface area contributed by atoms with Gasteiger partial charge >= 0.3 is 0 Å². The number of ether oxygens (including phenoxy) is 1. The van der Waals surface area contributed by atoms with E-state index in [9.17, 15) is 0 Å². The van der Waals surface area contributed by atoms with Crippen LogP contribution < -0.4 is 5.73 Å². The molecule has 0 spiro atoms. The van der Waals surface area contributed by atoms with Crippen LogP contribution in [0.5, 0.6) is 0 Å². The van der Waals surface area contributed by atoms with Crippen LogP contribution >= 0.6 is 11.3 Å². The predicted molar refractivity (Wildman–Crippen MR) is 51.4 cm³/mol. The van der Waals surface area contributed by atoms with Crippen LogP contribution in [0.2, 0.25) is 0 Å². The largest absolute Gasteiger partial charge is 0.389 e. The highest BCUT2D eigenvalue weighted by atomic mass is 32.1. The molecule has 1 aliphatic heterocycles. The third kappa shape index (κ3) is 1.41. The van der Waals surface area contributed by atoms with E-state index in [1.165, 1.54) is 11.3 Å². The Kier molecular flexibility index (Phi) is 2.21. The maximum Gasteiger partial charge on any atom is 0.104 e. The van der Waals surface area contributed by atoms with Crippen molar-refractivity contribution >= 4 is 16.3 Å². The van der Waals surface area contributed by atoms with Gasteiger partial charge in [0.1, 0.15) is 11.1 Å². The Morgan fingerprint density at radius 3 is 3.15 bits per heavy atom. The van der Waals surface area contributed by atoms with Gasteiger partial charge in [0.15, 0.2) is 0 Å². The number of nitrogens with two attached hydrogens (primary N) is 1. The monoisotopic (exact) mass is 194 g/mol. The highest BCUT2D eigenvalue weighted by molar-refractivity contribution is 7.14. The Morgan fingerprint density at radius 1 is 1.69 bits per heavy atom. The zero-order valence-corrected chi connectivity index (χ0v) is 7.93. The first-order valence-corrected chi connectivity index (χ1v) is 5.09. The number of hydrogen-bond donors (Lipinski definition) is 1. The fraction of sp³-hybridized carbons (Fsp3) is 0.444. The fourth-order valence-corrected chi connectivity index (χ4v) is 2.37. The molecule has 2 rings (SSSR count). The molecule has 68 valence electrons. The van der Waals surface area contributed by atoms with Crippen LogP contribution in [0.4, 0.5) is 5.00 Å². The van der Waals surface area contributed by atoms with Crippen molar-refractivity contribution in [2.24, 2.45) is 0 Å². The van der Waals surface area contributed by atoms with E-state index in [2.05, 4.69) is 6.07 Å². The van der Waals surface area contributed by atoms with E-state index >= 15 is 0 Å². The summed E-state index contributed by atoms with van der Waals surface area (Å²) in [5.74, 6) is 0. The minimum Gasteiger partial charge on any atom is -0.389 e. The molecular formula is C9H10N2OS. The van der Waals surface area contributed by atoms with Gasteiger partial charge in [0.05, 0.1) is 11.7 Å². The lowest BCUT2D eigenvalue weighted by molar-refractivity contribution is 0.112. The summed E-state index contributed by atoms with van der Waals surface area (Å²) in [5, 5.41) is 11.4. The van der Waals surface area contributed by atoms with Gasteiger partial charge in [-0.3, -0.25) is 0 Å². The number of anilines is 1. The van der Waals surface area contributed by atoms with Gasteiger partial charge in [0.2, 0.25) is 0 Å². The lowest BCUT2D eigenvalue weighted by atomic mass is 10.1. The molecule has 1 aliphatic rings. The fourth-order valence-electron chi connectivity index (χ4n) is 1.57. The van der Waals surface area contributed by atoms with Gasteiger partial charge in [-0.2, -0.15) is 5.26 Å². The second-order valence-corrected chi connectivity index (χ2v) is 3.95. The highest BCUT2D eigenvalue weighted by Crippen LogP contribution is 2.36. The number of nitrogen functional groups attached to an aromatic ring is 1. The van der Waals surface area contributed by atoms with Gasteiger partial charge in [-0.15, -0.1) is 11.3 Å². The summed E-state index contributed by atoms with van der Waals surface area (Å²) in [5.41, 5.74) is 7.24. The number of nitrogens with zero attached hydrogens (tertiary/aromatic N) is 1. The van der Waals surface area contributed by atoms with E-state index < -0.39 is 0 Å². The SMILES string of the molecule is N#Cc1c(C2CCCO2)csc1N. The van der Waals surface area contributed by atoms with Crippen LogP contribution in [0.1, 0.15) is 30.1 Å². The van der Waals surface area contributed by atoms with Crippen LogP contribution in [0, 0.1) is 11.3 Å². The molecule has 1 aromatic heterocycles. The molecule has 3 nitrogen and oxygen atoms in total. The van der Waals surface area contributed by atoms with Crippen molar-refractivity contribution in [2.75, 3.05) is 12.3 Å². The second kappa shape index (κ2) is 3.36. The summed E-state index contributed by atoms with van der Waals surface area (Å²) in [6.07, 6.45) is 2.18. The maximum atomic E-state index is 8.87. The van der Waals surface area contributed by atoms with Crippen LogP contribution in [-0.4, -0.2) is 6.61 Å². The van der Waals surface area contributed by atoms with Crippen LogP contribution in [-0.2, 0) is 4.74 Å². The summed E-state index contributed by atoms with van der Waals surface area (Å²) in [7, 11) is 0. The van der Waals surface area contributed by atoms with Gasteiger partial charge in [0.25, 0.3) is 0 Å². The normalized spacial score (nSPS) is 21.6. The Hall–Kier alpha value is -1.05. The molecule has 0 radical (unpaired) electrons. The first-order chi connectivity index (χ1) is 6.33. The van der Waals surface area contributed by atoms with E-state index in [1.54, 1.807) is 0 Å². The van der Waals surface area contributed by atoms with E-state index in [-0.39, 0.29) is 6.10 Å². The van der Waals surface area contributed by atoms with Crippen molar-refractivity contribution in [3.63, 3.8) is 0 Å². The molecule has 0 aliphatic carbocycles. The highest BCUT2D eigenvalue weighted by Gasteiger charge is 2.22. The number of rotatable bonds is 1. The van der Waals surface area contributed by atoms with E-state index in [1.807, 2.05) is 5.38 Å². The molecule has 2 N–H and O–H groups in total. The first-order valence-electron chi connectivity index (χ1n) is 4.21. The summed E-state index contributed by atoms with van der Waals surface area (Å²) in [6, 6.07) is 2.13. The van der Waals surface area contributed by atoms with Gasteiger partial charge in [0, 0.05) is 17.6 Å². The van der Waals surface area contributed by atoms with Crippen LogP contribution in [0.25, 0.3) is 0 Å². The van der Waals surface area contributed by atoms with Crippen LogP contribution in [0.3, 0.4) is 0 Å². The standard InChI is InChI=1S/C9H10N2OS/c10-4-6-7(5-13-9(6)11)8-2-1-3-12-8/h5,8H,1-3,11H2. The number of thiophene rings is 1. The molecule has 0 aromatic carbocycles. The molecule has 13 heavy (non-hydrogen) atoms. The molecule has 4 heteroatoms. The molecular weight excluding hydrogens is 184 g/mol. The molecule has 1 fully saturated rings. The van der Waals surface area contributed by atoms with E-state index in [0.29, 0.717) is 10.6 Å². The van der Waals surface area contributed by atoms with E-state index in [4.69, 9.17) is 15.7 Å². The third-order valence-electron chi connectivity index (χ3n) is 2.24. The third-order valence-corrected chi connectivity index (χ3v) is 3.07. The lowest BCUT2D eigenvalue weighted by Gasteiger charge is -2.06. The Morgan fingerprint density at radius 2 is 2.54 bits per heavy atom. The van der Waals surface area contributed by atoms with Gasteiger partial charge in [-0.05, 0) is 12.8 Å². The predicted octanol–water partition coefficient (Wildman–Crippen LogP) is 2.05. The van der Waals surface area contributed by atoms with Crippen molar-refractivity contribution in [1.82, 2.24) is 0 Å². The second-order valence-electron chi connectivity index (χ2n) is 3.04. The Balaban J connectivity index is 2.34. The Labute approximate surface area is 80.7 Å². The molecule has 1 unspecified atom stereocenters. The number of nitriles is 1. The summed E-state index contributed by atoms with van der Waals surface area (Å²) >= 11 is 1.42. The van der Waals surface area contributed by atoms with Gasteiger partial charge in [-0.1, -0.05) is 0 Å². The maximum absolute atomic E-state index is 8.87. The van der Waals surface area contributed by atoms with Crippen molar-refractivity contribution in [3.05, 3.63) is 16.5 Å². The minimum atomic E-state index is 0.100. The minimum absolute atomic E-state index is 0.100. The van der Waals surface area contributed by atoms with E-state index in [0.717, 1.165) is 25.0 Å². The summed E-state index contributed by atoms with van der Waals surface area (Å²) in [6.45, 7) is 0.797. The average Bonchev–Trinajstić information content (AvgIpc) is 2.71. The van der Waals surface area contributed by atoms with Crippen molar-refractivity contribution in [2.45, 2.75) is 18.9 Å². The molecule has 0 saturated carbocycles. The van der Waals surface area contributed by atoms with Gasteiger partial charge in [-0.25, -0.2) is 0 Å². The topological polar surface area (TPSA) is 59.0 Å². The molecule has 2 heterocycles. The molecule has 1 aromatic rings. The molecule has 0 amide bonds. The zero-order chi connectivity index (χ0) is 9.26. The lowest BCUT2D eigenvalue weighted by Crippen LogP contribution is -1.97. The molecule has 1 atom stereocenters. The average molecular weight is 194 g/mol. The molecule has 0 bridgehead atoms. The zero-order valence-electron chi connectivity index (χ0n) is 7.12. The molecule has 1 saturated heterocycles. The van der Waals surface area contributed by atoms with Crippen molar-refractivity contribution in [3.8, 4) is 6.07 Å². The summed E-state index contributed by atoms with van der Waals surface area (Å²) in [4.78, 5) is 0. The van der Waals surface area contributed by atoms with Crippen molar-refractivity contribution in [1.29, 1.82) is 5.26 Å². The first kappa shape index (κ1) is 8.54.